The average Bonchev–Trinajstić information content (AvgIpc) is 2.79. The third-order valence-corrected chi connectivity index (χ3v) is 7.48. The van der Waals surface area contributed by atoms with Crippen molar-refractivity contribution in [3.63, 3.8) is 0 Å². The summed E-state index contributed by atoms with van der Waals surface area (Å²) in [7, 11) is 0. The van der Waals surface area contributed by atoms with Crippen molar-refractivity contribution in [3.05, 3.63) is 0 Å². The Morgan fingerprint density at radius 1 is 0.452 bits per heavy atom. The average molecular weight is 443 g/mol. The Labute approximate surface area is 195 Å². The Morgan fingerprint density at radius 2 is 0.710 bits per heavy atom. The van der Waals surface area contributed by atoms with Gasteiger partial charge >= 0.3 is 0 Å². The molecule has 3 nitrogen and oxygen atoms in total. The summed E-state index contributed by atoms with van der Waals surface area (Å²) >= 11 is 0. The van der Waals surface area contributed by atoms with Gasteiger partial charge in [0.1, 0.15) is 0 Å². The molecule has 0 bridgehead atoms. The van der Waals surface area contributed by atoms with Crippen LogP contribution in [0.4, 0.5) is 0 Å². The van der Waals surface area contributed by atoms with E-state index < -0.39 is 5.41 Å². The van der Waals surface area contributed by atoms with Crippen LogP contribution in [0.3, 0.4) is 0 Å². The summed E-state index contributed by atoms with van der Waals surface area (Å²) in [5.41, 5.74) is -0.714. The Kier molecular flexibility index (Phi) is 23.0. The van der Waals surface area contributed by atoms with Crippen LogP contribution in [0.25, 0.3) is 0 Å². The highest BCUT2D eigenvalue weighted by Gasteiger charge is 2.34. The fraction of sp³-hybridized carbons (Fsp3) is 1.00. The molecule has 3 heteroatoms. The van der Waals surface area contributed by atoms with E-state index in [-0.39, 0.29) is 25.7 Å². The summed E-state index contributed by atoms with van der Waals surface area (Å²) in [5.74, 6) is 0.156. The predicted octanol–water partition coefficient (Wildman–Crippen LogP) is 7.80. The Hall–Kier alpha value is -0.120. The highest BCUT2D eigenvalue weighted by Crippen LogP contribution is 2.30. The first-order valence-corrected chi connectivity index (χ1v) is 14.0. The zero-order valence-electron chi connectivity index (χ0n) is 21.4. The molecule has 0 spiro atoms. The molecule has 1 unspecified atom stereocenters. The topological polar surface area (TPSA) is 60.7 Å². The molecule has 0 aliphatic carbocycles. The normalized spacial score (nSPS) is 13.1. The second kappa shape index (κ2) is 23.1. The summed E-state index contributed by atoms with van der Waals surface area (Å²) in [5, 5.41) is 28.5. The smallest absolute Gasteiger partial charge is 0.0534 e. The Balaban J connectivity index is 3.27. The molecule has 0 saturated carbocycles. The standard InChI is InChI=1S/C28H58O3/c1-3-4-5-6-7-8-9-10-11-12-13-14-15-16-17-18-19-20-21-22-23-27(2)28(24-29,25-30)26-31/h27,29-31H,3-26H2,1-2H3. The molecular formula is C28H58O3. The van der Waals surface area contributed by atoms with Crippen LogP contribution in [0.15, 0.2) is 0 Å². The molecule has 0 radical (unpaired) electrons. The van der Waals surface area contributed by atoms with E-state index in [2.05, 4.69) is 6.92 Å². The summed E-state index contributed by atoms with van der Waals surface area (Å²) in [6.07, 6.45) is 28.8. The number of aliphatic hydroxyl groups is 3. The molecule has 0 fully saturated rings. The van der Waals surface area contributed by atoms with Gasteiger partial charge in [-0.25, -0.2) is 0 Å². The molecule has 0 aliphatic heterocycles. The minimum absolute atomic E-state index is 0.139. The van der Waals surface area contributed by atoms with Gasteiger partial charge in [-0.2, -0.15) is 0 Å². The number of rotatable bonds is 25. The van der Waals surface area contributed by atoms with Gasteiger partial charge in [0.25, 0.3) is 0 Å². The summed E-state index contributed by atoms with van der Waals surface area (Å²) < 4.78 is 0. The molecule has 0 saturated heterocycles. The van der Waals surface area contributed by atoms with E-state index in [0.717, 1.165) is 12.8 Å². The maximum Gasteiger partial charge on any atom is 0.0534 e. The first-order chi connectivity index (χ1) is 15.2. The molecule has 0 aromatic heterocycles. The van der Waals surface area contributed by atoms with E-state index >= 15 is 0 Å². The van der Waals surface area contributed by atoms with Crippen LogP contribution in [0.5, 0.6) is 0 Å². The minimum Gasteiger partial charge on any atom is -0.396 e. The van der Waals surface area contributed by atoms with Gasteiger partial charge in [0.2, 0.25) is 0 Å². The lowest BCUT2D eigenvalue weighted by Gasteiger charge is -2.34. The fourth-order valence-electron chi connectivity index (χ4n) is 4.63. The number of hydrogen-bond acceptors (Lipinski definition) is 3. The first kappa shape index (κ1) is 30.9. The molecule has 0 aromatic carbocycles. The van der Waals surface area contributed by atoms with Gasteiger partial charge in [-0.3, -0.25) is 0 Å². The van der Waals surface area contributed by atoms with Crippen LogP contribution in [0, 0.1) is 11.3 Å². The van der Waals surface area contributed by atoms with Crippen LogP contribution < -0.4 is 0 Å². The number of aliphatic hydroxyl groups excluding tert-OH is 3. The van der Waals surface area contributed by atoms with Gasteiger partial charge in [0, 0.05) is 5.41 Å². The highest BCUT2D eigenvalue weighted by atomic mass is 16.3. The minimum atomic E-state index is -0.714. The molecular weight excluding hydrogens is 384 g/mol. The lowest BCUT2D eigenvalue weighted by molar-refractivity contribution is -0.0361. The monoisotopic (exact) mass is 442 g/mol. The van der Waals surface area contributed by atoms with E-state index in [1.807, 2.05) is 6.92 Å². The largest absolute Gasteiger partial charge is 0.396 e. The van der Waals surface area contributed by atoms with Crippen LogP contribution in [0.1, 0.15) is 149 Å². The Bertz CT molecular complexity index is 333. The third-order valence-electron chi connectivity index (χ3n) is 7.48. The van der Waals surface area contributed by atoms with Gasteiger partial charge in [-0.05, 0) is 12.3 Å². The highest BCUT2D eigenvalue weighted by molar-refractivity contribution is 4.82. The van der Waals surface area contributed by atoms with Crippen molar-refractivity contribution in [2.75, 3.05) is 19.8 Å². The molecule has 188 valence electrons. The lowest BCUT2D eigenvalue weighted by atomic mass is 9.75. The molecule has 0 aliphatic rings. The van der Waals surface area contributed by atoms with Crippen LogP contribution in [-0.4, -0.2) is 35.1 Å². The molecule has 31 heavy (non-hydrogen) atoms. The van der Waals surface area contributed by atoms with Gasteiger partial charge in [-0.15, -0.1) is 0 Å². The molecule has 0 amide bonds. The maximum atomic E-state index is 9.49. The SMILES string of the molecule is CCCCCCCCCCCCCCCCCCCCCCC(C)C(CO)(CO)CO. The lowest BCUT2D eigenvalue weighted by Crippen LogP contribution is -2.40. The second-order valence-corrected chi connectivity index (χ2v) is 10.2. The van der Waals surface area contributed by atoms with Crippen molar-refractivity contribution in [3.8, 4) is 0 Å². The van der Waals surface area contributed by atoms with Crippen molar-refractivity contribution in [2.24, 2.45) is 11.3 Å². The van der Waals surface area contributed by atoms with Gasteiger partial charge < -0.3 is 15.3 Å². The zero-order valence-corrected chi connectivity index (χ0v) is 21.4. The molecule has 0 rings (SSSR count). The fourth-order valence-corrected chi connectivity index (χ4v) is 4.63. The number of unbranched alkanes of at least 4 members (excludes halogenated alkanes) is 19. The third kappa shape index (κ3) is 17.1. The molecule has 0 aromatic rings. The van der Waals surface area contributed by atoms with Crippen LogP contribution in [0.2, 0.25) is 0 Å². The van der Waals surface area contributed by atoms with E-state index in [9.17, 15) is 15.3 Å². The summed E-state index contributed by atoms with van der Waals surface area (Å²) in [6, 6.07) is 0. The zero-order chi connectivity index (χ0) is 23.0. The van der Waals surface area contributed by atoms with E-state index in [1.165, 1.54) is 122 Å². The second-order valence-electron chi connectivity index (χ2n) is 10.2. The quantitative estimate of drug-likeness (QED) is 0.126. The van der Waals surface area contributed by atoms with Crippen molar-refractivity contribution in [2.45, 2.75) is 149 Å². The van der Waals surface area contributed by atoms with Gasteiger partial charge in [-0.1, -0.05) is 142 Å². The van der Waals surface area contributed by atoms with Crippen LogP contribution >= 0.6 is 0 Å². The molecule has 1 atom stereocenters. The summed E-state index contributed by atoms with van der Waals surface area (Å²) in [4.78, 5) is 0. The molecule has 3 N–H and O–H groups in total. The summed E-state index contributed by atoms with van der Waals surface area (Å²) in [6.45, 7) is 3.91. The maximum absolute atomic E-state index is 9.49. The van der Waals surface area contributed by atoms with E-state index in [0.29, 0.717) is 0 Å². The first-order valence-electron chi connectivity index (χ1n) is 14.0. The predicted molar refractivity (Wildman–Crippen MR) is 135 cm³/mol. The van der Waals surface area contributed by atoms with E-state index in [4.69, 9.17) is 0 Å². The van der Waals surface area contributed by atoms with E-state index in [1.54, 1.807) is 0 Å². The number of hydrogen-bond donors (Lipinski definition) is 3. The van der Waals surface area contributed by atoms with Crippen molar-refractivity contribution in [1.29, 1.82) is 0 Å². The van der Waals surface area contributed by atoms with Crippen molar-refractivity contribution in [1.82, 2.24) is 0 Å². The van der Waals surface area contributed by atoms with Crippen molar-refractivity contribution >= 4 is 0 Å². The van der Waals surface area contributed by atoms with Gasteiger partial charge in [0.05, 0.1) is 19.8 Å². The van der Waals surface area contributed by atoms with Gasteiger partial charge in [0.15, 0.2) is 0 Å². The Morgan fingerprint density at radius 3 is 0.968 bits per heavy atom. The van der Waals surface area contributed by atoms with Crippen molar-refractivity contribution < 1.29 is 15.3 Å². The van der Waals surface area contributed by atoms with Crippen LogP contribution in [-0.2, 0) is 0 Å². The molecule has 0 heterocycles.